The Morgan fingerprint density at radius 1 is 1.47 bits per heavy atom. The molecule has 2 aromatic heterocycles. The largest absolute Gasteiger partial charge is 0.481 e. The van der Waals surface area contributed by atoms with E-state index < -0.39 is 11.9 Å². The van der Waals surface area contributed by atoms with Crippen LogP contribution in [0.5, 0.6) is 0 Å². The molecule has 0 fully saturated rings. The Kier molecular flexibility index (Phi) is 3.28. The predicted molar refractivity (Wildman–Crippen MR) is 75.2 cm³/mol. The molecule has 0 saturated heterocycles. The van der Waals surface area contributed by atoms with Crippen molar-refractivity contribution in [2.45, 2.75) is 25.3 Å². The summed E-state index contributed by atoms with van der Waals surface area (Å²) in [6.45, 7) is 0.740. The molecule has 1 aliphatic heterocycles. The lowest BCUT2D eigenvalue weighted by molar-refractivity contribution is -0.139. The lowest BCUT2D eigenvalue weighted by Crippen LogP contribution is -2.22. The van der Waals surface area contributed by atoms with Gasteiger partial charge in [-0.1, -0.05) is 23.2 Å². The zero-order valence-corrected chi connectivity index (χ0v) is 12.1. The minimum Gasteiger partial charge on any atom is -0.481 e. The predicted octanol–water partition coefficient (Wildman–Crippen LogP) is 3.88. The minimum atomic E-state index is -0.849. The molecule has 1 aliphatic rings. The Morgan fingerprint density at radius 2 is 2.26 bits per heavy atom. The lowest BCUT2D eigenvalue weighted by atomic mass is 9.96. The van der Waals surface area contributed by atoms with Crippen LogP contribution in [-0.2, 0) is 11.3 Å². The van der Waals surface area contributed by atoms with Crippen LogP contribution in [-0.4, -0.2) is 20.6 Å². The van der Waals surface area contributed by atoms with Gasteiger partial charge in [0.1, 0.15) is 5.92 Å². The van der Waals surface area contributed by atoms with Crippen LogP contribution >= 0.6 is 34.5 Å². The number of halogens is 2. The fourth-order valence-corrected chi connectivity index (χ4v) is 3.80. The average Bonchev–Trinajstić information content (AvgIpc) is 2.94. The van der Waals surface area contributed by atoms with Gasteiger partial charge in [-0.15, -0.1) is 11.3 Å². The first-order valence-electron chi connectivity index (χ1n) is 5.82. The number of carboxylic acid groups (broad SMARTS) is 1. The van der Waals surface area contributed by atoms with Crippen molar-refractivity contribution < 1.29 is 9.90 Å². The second-order valence-electron chi connectivity index (χ2n) is 4.40. The van der Waals surface area contributed by atoms with Crippen LogP contribution < -0.4 is 0 Å². The van der Waals surface area contributed by atoms with Crippen molar-refractivity contribution in [3.05, 3.63) is 27.3 Å². The SMILES string of the molecule is O=C(O)C1CCCn2c(-c3ccc(Cl)s3)nc(Cl)c21. The first-order chi connectivity index (χ1) is 9.08. The van der Waals surface area contributed by atoms with Crippen molar-refractivity contribution in [1.29, 1.82) is 0 Å². The van der Waals surface area contributed by atoms with Crippen LogP contribution in [0.4, 0.5) is 0 Å². The molecular formula is C12H10Cl2N2O2S. The van der Waals surface area contributed by atoms with Crippen molar-refractivity contribution in [1.82, 2.24) is 9.55 Å². The lowest BCUT2D eigenvalue weighted by Gasteiger charge is -2.22. The molecule has 2 aromatic rings. The molecule has 0 radical (unpaired) electrons. The molecule has 0 amide bonds. The maximum atomic E-state index is 11.3. The summed E-state index contributed by atoms with van der Waals surface area (Å²) in [5.74, 6) is -0.709. The maximum absolute atomic E-state index is 11.3. The number of fused-ring (bicyclic) bond motifs is 1. The van der Waals surface area contributed by atoms with Crippen molar-refractivity contribution >= 4 is 40.5 Å². The number of imidazole rings is 1. The van der Waals surface area contributed by atoms with E-state index in [1.807, 2.05) is 10.6 Å². The molecule has 4 nitrogen and oxygen atoms in total. The number of nitrogens with zero attached hydrogens (tertiary/aromatic N) is 2. The van der Waals surface area contributed by atoms with E-state index in [2.05, 4.69) is 4.98 Å². The van der Waals surface area contributed by atoms with Crippen molar-refractivity contribution in [3.8, 4) is 10.7 Å². The summed E-state index contributed by atoms with van der Waals surface area (Å²) in [5, 5.41) is 9.56. The van der Waals surface area contributed by atoms with Crippen LogP contribution in [0.1, 0.15) is 24.5 Å². The van der Waals surface area contributed by atoms with Gasteiger partial charge in [0.2, 0.25) is 0 Å². The molecule has 19 heavy (non-hydrogen) atoms. The quantitative estimate of drug-likeness (QED) is 0.914. The van der Waals surface area contributed by atoms with Gasteiger partial charge in [-0.3, -0.25) is 4.79 Å². The van der Waals surface area contributed by atoms with Gasteiger partial charge in [0, 0.05) is 6.54 Å². The second-order valence-corrected chi connectivity index (χ2v) is 6.47. The van der Waals surface area contributed by atoms with Crippen molar-refractivity contribution in [2.24, 2.45) is 0 Å². The summed E-state index contributed by atoms with van der Waals surface area (Å²) in [6, 6.07) is 3.68. The molecule has 0 aliphatic carbocycles. The Bertz CT molecular complexity index is 650. The topological polar surface area (TPSA) is 55.1 Å². The van der Waals surface area contributed by atoms with Crippen LogP contribution in [0.25, 0.3) is 10.7 Å². The van der Waals surface area contributed by atoms with Gasteiger partial charge in [0.25, 0.3) is 0 Å². The van der Waals surface area contributed by atoms with E-state index in [-0.39, 0.29) is 5.15 Å². The van der Waals surface area contributed by atoms with Crippen LogP contribution in [0, 0.1) is 0 Å². The number of rotatable bonds is 2. The molecule has 0 saturated carbocycles. The zero-order chi connectivity index (χ0) is 13.6. The number of aliphatic carboxylic acids is 1. The highest BCUT2D eigenvalue weighted by Crippen LogP contribution is 2.39. The summed E-state index contributed by atoms with van der Waals surface area (Å²) in [5.41, 5.74) is 0.611. The van der Waals surface area contributed by atoms with Crippen LogP contribution in [0.3, 0.4) is 0 Å². The summed E-state index contributed by atoms with van der Waals surface area (Å²) in [6.07, 6.45) is 1.41. The van der Waals surface area contributed by atoms with Gasteiger partial charge in [0.05, 0.1) is 14.9 Å². The summed E-state index contributed by atoms with van der Waals surface area (Å²) >= 11 is 13.5. The van der Waals surface area contributed by atoms with E-state index in [0.29, 0.717) is 22.3 Å². The van der Waals surface area contributed by atoms with E-state index >= 15 is 0 Å². The molecule has 0 bridgehead atoms. The molecule has 3 rings (SSSR count). The van der Waals surface area contributed by atoms with Crippen molar-refractivity contribution in [3.63, 3.8) is 0 Å². The van der Waals surface area contributed by atoms with Gasteiger partial charge in [0.15, 0.2) is 11.0 Å². The van der Waals surface area contributed by atoms with Crippen LogP contribution in [0.2, 0.25) is 9.49 Å². The number of thiophene rings is 1. The van der Waals surface area contributed by atoms with E-state index in [1.165, 1.54) is 11.3 Å². The molecule has 1 N–H and O–H groups in total. The molecule has 1 atom stereocenters. The molecule has 3 heterocycles. The summed E-state index contributed by atoms with van der Waals surface area (Å²) in [4.78, 5) is 16.5. The van der Waals surface area contributed by atoms with Gasteiger partial charge < -0.3 is 9.67 Å². The van der Waals surface area contributed by atoms with Crippen LogP contribution in [0.15, 0.2) is 12.1 Å². The first-order valence-corrected chi connectivity index (χ1v) is 7.39. The Morgan fingerprint density at radius 3 is 2.89 bits per heavy atom. The smallest absolute Gasteiger partial charge is 0.312 e. The third kappa shape index (κ3) is 2.16. The molecule has 1 unspecified atom stereocenters. The number of carboxylic acids is 1. The third-order valence-electron chi connectivity index (χ3n) is 3.26. The fourth-order valence-electron chi connectivity index (χ4n) is 2.45. The van der Waals surface area contributed by atoms with Crippen molar-refractivity contribution in [2.75, 3.05) is 0 Å². The monoisotopic (exact) mass is 316 g/mol. The molecule has 0 aromatic carbocycles. The van der Waals surface area contributed by atoms with Gasteiger partial charge >= 0.3 is 5.97 Å². The Balaban J connectivity index is 2.15. The molecule has 0 spiro atoms. The number of aromatic nitrogens is 2. The number of hydrogen-bond donors (Lipinski definition) is 1. The van der Waals surface area contributed by atoms with Gasteiger partial charge in [-0.2, -0.15) is 0 Å². The Labute approximate surface area is 123 Å². The van der Waals surface area contributed by atoms with E-state index in [0.717, 1.165) is 17.8 Å². The highest BCUT2D eigenvalue weighted by Gasteiger charge is 2.32. The maximum Gasteiger partial charge on any atom is 0.312 e. The standard InChI is InChI=1S/C12H10Cl2N2O2S/c13-8-4-3-7(19-8)11-15-10(14)9-6(12(17)18)2-1-5-16(9)11/h3-4,6H,1-2,5H2,(H,17,18). The molecule has 7 heteroatoms. The molecular weight excluding hydrogens is 307 g/mol. The minimum absolute atomic E-state index is 0.284. The molecule has 100 valence electrons. The fraction of sp³-hybridized carbons (Fsp3) is 0.333. The highest BCUT2D eigenvalue weighted by atomic mass is 35.5. The first kappa shape index (κ1) is 13.0. The van der Waals surface area contributed by atoms with Gasteiger partial charge in [-0.25, -0.2) is 4.98 Å². The van der Waals surface area contributed by atoms with E-state index in [4.69, 9.17) is 23.2 Å². The highest BCUT2D eigenvalue weighted by molar-refractivity contribution is 7.19. The Hall–Kier alpha value is -1.04. The second kappa shape index (κ2) is 4.81. The summed E-state index contributed by atoms with van der Waals surface area (Å²) < 4.78 is 2.58. The van der Waals surface area contributed by atoms with E-state index in [1.54, 1.807) is 6.07 Å². The summed E-state index contributed by atoms with van der Waals surface area (Å²) in [7, 11) is 0. The zero-order valence-electron chi connectivity index (χ0n) is 9.77. The normalized spacial score (nSPS) is 18.3. The average molecular weight is 317 g/mol. The number of hydrogen-bond acceptors (Lipinski definition) is 3. The van der Waals surface area contributed by atoms with Gasteiger partial charge in [-0.05, 0) is 25.0 Å². The number of carbonyl (C=O) groups is 1. The van der Waals surface area contributed by atoms with E-state index in [9.17, 15) is 9.90 Å². The third-order valence-corrected chi connectivity index (χ3v) is 4.76.